The largest absolute Gasteiger partial charge is 0.493 e. The van der Waals surface area contributed by atoms with Crippen molar-refractivity contribution < 1.29 is 14.6 Å². The summed E-state index contributed by atoms with van der Waals surface area (Å²) in [5, 5.41) is 21.8. The Morgan fingerprint density at radius 2 is 1.97 bits per heavy atom. The number of hydrogen-bond acceptors (Lipinski definition) is 6. The van der Waals surface area contributed by atoms with Crippen LogP contribution in [0.2, 0.25) is 0 Å². The van der Waals surface area contributed by atoms with Gasteiger partial charge in [-0.15, -0.1) is 10.2 Å². The molecular weight excluding hydrogens is 398 g/mol. The second kappa shape index (κ2) is 9.53. The van der Waals surface area contributed by atoms with Crippen LogP contribution in [0.5, 0.6) is 5.75 Å². The normalized spacial score (nSPS) is 10.8. The molecule has 0 aliphatic rings. The summed E-state index contributed by atoms with van der Waals surface area (Å²) < 4.78 is 5.73. The van der Waals surface area contributed by atoms with E-state index in [1.54, 1.807) is 38.1 Å². The van der Waals surface area contributed by atoms with Gasteiger partial charge in [-0.3, -0.25) is 10.1 Å². The van der Waals surface area contributed by atoms with Gasteiger partial charge in [-0.25, -0.2) is 0 Å². The summed E-state index contributed by atoms with van der Waals surface area (Å²) in [4.78, 5) is 12.4. The van der Waals surface area contributed by atoms with Crippen molar-refractivity contribution in [1.82, 2.24) is 10.2 Å². The third-order valence-corrected chi connectivity index (χ3v) is 4.82. The van der Waals surface area contributed by atoms with Crippen LogP contribution in [-0.4, -0.2) is 33.4 Å². The molecule has 6 nitrogen and oxygen atoms in total. The highest BCUT2D eigenvalue weighted by Crippen LogP contribution is 2.18. The SMILES string of the molecule is Cc1cccc(OCCc2nnc(NC(=O)c3ccc(C#CC(C)(C)O)cc3)s2)c1. The van der Waals surface area contributed by atoms with Crippen LogP contribution in [0.1, 0.15) is 40.3 Å². The lowest BCUT2D eigenvalue weighted by Crippen LogP contribution is -2.14. The number of anilines is 1. The number of amides is 1. The van der Waals surface area contributed by atoms with Crippen LogP contribution < -0.4 is 10.1 Å². The minimum absolute atomic E-state index is 0.268. The maximum absolute atomic E-state index is 12.4. The van der Waals surface area contributed by atoms with E-state index in [1.165, 1.54) is 11.3 Å². The number of rotatable bonds is 6. The molecule has 0 aliphatic heterocycles. The number of benzene rings is 2. The molecule has 0 bridgehead atoms. The van der Waals surface area contributed by atoms with Crippen LogP contribution >= 0.6 is 11.3 Å². The molecule has 2 N–H and O–H groups in total. The van der Waals surface area contributed by atoms with Crippen molar-refractivity contribution in [3.63, 3.8) is 0 Å². The molecule has 1 amide bonds. The second-order valence-electron chi connectivity index (χ2n) is 7.26. The number of aliphatic hydroxyl groups is 1. The van der Waals surface area contributed by atoms with Gasteiger partial charge >= 0.3 is 0 Å². The molecule has 0 radical (unpaired) electrons. The maximum Gasteiger partial charge on any atom is 0.257 e. The van der Waals surface area contributed by atoms with Crippen LogP contribution in [-0.2, 0) is 6.42 Å². The standard InChI is InChI=1S/C23H23N3O3S/c1-16-5-4-6-19(15-16)29-14-12-20-25-26-22(30-20)24-21(27)18-9-7-17(8-10-18)11-13-23(2,3)28/h4-10,15,28H,12,14H2,1-3H3,(H,24,26,27). The maximum atomic E-state index is 12.4. The lowest BCUT2D eigenvalue weighted by atomic mass is 10.1. The van der Waals surface area contributed by atoms with Crippen molar-refractivity contribution in [1.29, 1.82) is 0 Å². The third kappa shape index (κ3) is 6.69. The monoisotopic (exact) mass is 421 g/mol. The van der Waals surface area contributed by atoms with Gasteiger partial charge in [0.15, 0.2) is 0 Å². The average Bonchev–Trinajstić information content (AvgIpc) is 3.13. The Morgan fingerprint density at radius 1 is 1.20 bits per heavy atom. The van der Waals surface area contributed by atoms with Gasteiger partial charge < -0.3 is 9.84 Å². The fourth-order valence-corrected chi connectivity index (χ4v) is 3.18. The van der Waals surface area contributed by atoms with E-state index < -0.39 is 5.60 Å². The molecule has 0 spiro atoms. The Labute approximate surface area is 179 Å². The predicted octanol–water partition coefficient (Wildman–Crippen LogP) is 3.84. The smallest absolute Gasteiger partial charge is 0.257 e. The molecule has 7 heteroatoms. The fourth-order valence-electron chi connectivity index (χ4n) is 2.47. The Bertz CT molecular complexity index is 1070. The van der Waals surface area contributed by atoms with Crippen LogP contribution in [0, 0.1) is 18.8 Å². The minimum Gasteiger partial charge on any atom is -0.493 e. The highest BCUT2D eigenvalue weighted by molar-refractivity contribution is 7.15. The zero-order valence-corrected chi connectivity index (χ0v) is 17.9. The van der Waals surface area contributed by atoms with E-state index in [-0.39, 0.29) is 5.91 Å². The van der Waals surface area contributed by atoms with Gasteiger partial charge in [0.2, 0.25) is 5.13 Å². The molecule has 154 valence electrons. The predicted molar refractivity (Wildman–Crippen MR) is 118 cm³/mol. The zero-order chi connectivity index (χ0) is 21.6. The van der Waals surface area contributed by atoms with E-state index in [0.717, 1.165) is 21.9 Å². The summed E-state index contributed by atoms with van der Waals surface area (Å²) in [6, 6.07) is 14.7. The molecule has 0 aliphatic carbocycles. The minimum atomic E-state index is -1.06. The van der Waals surface area contributed by atoms with Crippen molar-refractivity contribution in [2.45, 2.75) is 32.8 Å². The number of nitrogens with one attached hydrogen (secondary N) is 1. The zero-order valence-electron chi connectivity index (χ0n) is 17.1. The van der Waals surface area contributed by atoms with Gasteiger partial charge in [0.05, 0.1) is 6.61 Å². The molecule has 1 aromatic heterocycles. The number of hydrogen-bond donors (Lipinski definition) is 2. The first kappa shape index (κ1) is 21.5. The topological polar surface area (TPSA) is 84.3 Å². The van der Waals surface area contributed by atoms with E-state index in [9.17, 15) is 9.90 Å². The van der Waals surface area contributed by atoms with Crippen molar-refractivity contribution in [3.05, 3.63) is 70.2 Å². The summed E-state index contributed by atoms with van der Waals surface area (Å²) in [7, 11) is 0. The molecule has 0 fully saturated rings. The van der Waals surface area contributed by atoms with Crippen LogP contribution in [0.15, 0.2) is 48.5 Å². The summed E-state index contributed by atoms with van der Waals surface area (Å²) in [6.45, 7) is 5.74. The fraction of sp³-hybridized carbons (Fsp3) is 0.261. The molecule has 3 aromatic rings. The van der Waals surface area contributed by atoms with E-state index in [1.807, 2.05) is 31.2 Å². The Hall–Kier alpha value is -3.21. The van der Waals surface area contributed by atoms with E-state index in [0.29, 0.717) is 23.7 Å². The van der Waals surface area contributed by atoms with Crippen molar-refractivity contribution in [2.24, 2.45) is 0 Å². The summed E-state index contributed by atoms with van der Waals surface area (Å²) in [6.07, 6.45) is 0.607. The first-order valence-corrected chi connectivity index (χ1v) is 10.3. The van der Waals surface area contributed by atoms with Gasteiger partial charge in [-0.05, 0) is 62.7 Å². The molecule has 30 heavy (non-hydrogen) atoms. The van der Waals surface area contributed by atoms with Crippen molar-refractivity contribution in [2.75, 3.05) is 11.9 Å². The number of carbonyl (C=O) groups excluding carboxylic acids is 1. The van der Waals surface area contributed by atoms with Gasteiger partial charge in [-0.2, -0.15) is 0 Å². The number of aryl methyl sites for hydroxylation is 1. The molecule has 0 atom stereocenters. The lowest BCUT2D eigenvalue weighted by molar-refractivity contribution is 0.102. The van der Waals surface area contributed by atoms with Gasteiger partial charge in [0.25, 0.3) is 5.91 Å². The number of aromatic nitrogens is 2. The van der Waals surface area contributed by atoms with E-state index in [4.69, 9.17) is 4.74 Å². The second-order valence-corrected chi connectivity index (χ2v) is 8.32. The summed E-state index contributed by atoms with van der Waals surface area (Å²) >= 11 is 1.32. The number of ether oxygens (including phenoxy) is 1. The first-order valence-electron chi connectivity index (χ1n) is 9.47. The van der Waals surface area contributed by atoms with Crippen LogP contribution in [0.25, 0.3) is 0 Å². The van der Waals surface area contributed by atoms with Crippen molar-refractivity contribution >= 4 is 22.4 Å². The van der Waals surface area contributed by atoms with Gasteiger partial charge in [0, 0.05) is 17.5 Å². The van der Waals surface area contributed by atoms with Gasteiger partial charge in [-0.1, -0.05) is 35.3 Å². The molecule has 0 unspecified atom stereocenters. The Kier molecular flexibility index (Phi) is 6.83. The van der Waals surface area contributed by atoms with Crippen LogP contribution in [0.4, 0.5) is 5.13 Å². The summed E-state index contributed by atoms with van der Waals surface area (Å²) in [5.74, 6) is 6.17. The number of carbonyl (C=O) groups is 1. The van der Waals surface area contributed by atoms with Crippen LogP contribution in [0.3, 0.4) is 0 Å². The average molecular weight is 422 g/mol. The Balaban J connectivity index is 1.52. The molecule has 0 saturated heterocycles. The molecule has 1 heterocycles. The van der Waals surface area contributed by atoms with Crippen molar-refractivity contribution in [3.8, 4) is 17.6 Å². The first-order chi connectivity index (χ1) is 14.3. The molecule has 0 saturated carbocycles. The molecular formula is C23H23N3O3S. The Morgan fingerprint density at radius 3 is 2.67 bits per heavy atom. The number of nitrogens with zero attached hydrogens (tertiary/aromatic N) is 2. The lowest BCUT2D eigenvalue weighted by Gasteiger charge is -2.06. The van der Waals surface area contributed by atoms with E-state index >= 15 is 0 Å². The summed E-state index contributed by atoms with van der Waals surface area (Å²) in [5.41, 5.74) is 1.30. The quantitative estimate of drug-likeness (QED) is 0.591. The molecule has 2 aromatic carbocycles. The van der Waals surface area contributed by atoms with Gasteiger partial charge in [0.1, 0.15) is 16.4 Å². The highest BCUT2D eigenvalue weighted by Gasteiger charge is 2.11. The highest BCUT2D eigenvalue weighted by atomic mass is 32.1. The third-order valence-electron chi connectivity index (χ3n) is 3.92. The van der Waals surface area contributed by atoms with E-state index in [2.05, 4.69) is 27.4 Å². The molecule has 3 rings (SSSR count).